The Hall–Kier alpha value is -3.23. The van der Waals surface area contributed by atoms with Crippen LogP contribution in [0.25, 0.3) is 22.2 Å². The first-order chi connectivity index (χ1) is 15.8. The van der Waals surface area contributed by atoms with Gasteiger partial charge in [-0.15, -0.1) is 0 Å². The second kappa shape index (κ2) is 8.28. The Labute approximate surface area is 189 Å². The second-order valence-corrected chi connectivity index (χ2v) is 8.68. The number of aryl methyl sites for hydroxylation is 1. The first kappa shape index (κ1) is 21.6. The van der Waals surface area contributed by atoms with Gasteiger partial charge >= 0.3 is 12.2 Å². The molecule has 2 aromatic carbocycles. The third kappa shape index (κ3) is 4.24. The van der Waals surface area contributed by atoms with E-state index in [1.54, 1.807) is 0 Å². The van der Waals surface area contributed by atoms with Crippen LogP contribution in [0.1, 0.15) is 30.7 Å². The van der Waals surface area contributed by atoms with Crippen molar-refractivity contribution in [2.45, 2.75) is 44.9 Å². The van der Waals surface area contributed by atoms with Gasteiger partial charge in [0, 0.05) is 12.1 Å². The maximum absolute atomic E-state index is 13.5. The summed E-state index contributed by atoms with van der Waals surface area (Å²) in [5, 5.41) is 0. The molecule has 1 N–H and O–H groups in total. The fourth-order valence-electron chi connectivity index (χ4n) is 4.74. The SMILES string of the molecule is Cc1nc2ccc(-c3ccc4c(c3)CN(C(=O)N3CCCCC3C(F)(F)F)CCO4)cc2[nH]1. The first-order valence-corrected chi connectivity index (χ1v) is 11.1. The number of amides is 2. The van der Waals surface area contributed by atoms with Crippen molar-refractivity contribution in [2.24, 2.45) is 0 Å². The minimum Gasteiger partial charge on any atom is -0.491 e. The minimum absolute atomic E-state index is 0.0458. The Balaban J connectivity index is 1.42. The average Bonchev–Trinajstić information content (AvgIpc) is 3.03. The number of imidazole rings is 1. The zero-order valence-electron chi connectivity index (χ0n) is 18.3. The van der Waals surface area contributed by atoms with Crippen LogP contribution < -0.4 is 4.74 Å². The number of urea groups is 1. The lowest BCUT2D eigenvalue weighted by molar-refractivity contribution is -0.183. The van der Waals surface area contributed by atoms with E-state index in [-0.39, 0.29) is 32.7 Å². The van der Waals surface area contributed by atoms with Crippen molar-refractivity contribution in [3.05, 3.63) is 47.8 Å². The van der Waals surface area contributed by atoms with E-state index in [4.69, 9.17) is 4.74 Å². The highest BCUT2D eigenvalue weighted by atomic mass is 19.4. The lowest BCUT2D eigenvalue weighted by atomic mass is 10.0. The van der Waals surface area contributed by atoms with E-state index in [9.17, 15) is 18.0 Å². The number of piperidine rings is 1. The van der Waals surface area contributed by atoms with Crippen LogP contribution in [0.5, 0.6) is 5.75 Å². The largest absolute Gasteiger partial charge is 0.491 e. The summed E-state index contributed by atoms with van der Waals surface area (Å²) in [6.45, 7) is 2.70. The first-order valence-electron chi connectivity index (χ1n) is 11.1. The van der Waals surface area contributed by atoms with Crippen LogP contribution in [-0.2, 0) is 6.54 Å². The van der Waals surface area contributed by atoms with E-state index >= 15 is 0 Å². The Bertz CT molecular complexity index is 1190. The summed E-state index contributed by atoms with van der Waals surface area (Å²) in [4.78, 5) is 23.3. The molecule has 1 fully saturated rings. The molecular formula is C24H25F3N4O2. The zero-order valence-corrected chi connectivity index (χ0v) is 18.3. The number of hydrogen-bond donors (Lipinski definition) is 1. The number of nitrogens with one attached hydrogen (secondary N) is 1. The molecule has 5 rings (SSSR count). The van der Waals surface area contributed by atoms with E-state index in [2.05, 4.69) is 9.97 Å². The molecule has 1 aromatic heterocycles. The standard InChI is InChI=1S/C24H25F3N4O2/c1-15-28-19-7-5-17(13-20(19)29-15)16-6-8-21-18(12-16)14-30(10-11-33-21)23(32)31-9-3-2-4-22(31)24(25,26)27/h5-8,12-13,22H,2-4,9-11,14H2,1H3,(H,28,29). The molecule has 2 aliphatic heterocycles. The van der Waals surface area contributed by atoms with Gasteiger partial charge in [0.15, 0.2) is 0 Å². The van der Waals surface area contributed by atoms with Crippen LogP contribution in [-0.4, -0.2) is 57.7 Å². The van der Waals surface area contributed by atoms with Crippen molar-refractivity contribution in [3.8, 4) is 16.9 Å². The molecule has 0 saturated carbocycles. The number of benzene rings is 2. The van der Waals surface area contributed by atoms with Gasteiger partial charge in [-0.25, -0.2) is 9.78 Å². The zero-order chi connectivity index (χ0) is 23.2. The number of alkyl halides is 3. The molecule has 2 amide bonds. The Kier molecular flexibility index (Phi) is 5.42. The van der Waals surface area contributed by atoms with Gasteiger partial charge in [-0.05, 0) is 61.6 Å². The van der Waals surface area contributed by atoms with Crippen LogP contribution in [0.2, 0.25) is 0 Å². The van der Waals surface area contributed by atoms with Crippen molar-refractivity contribution < 1.29 is 22.7 Å². The van der Waals surface area contributed by atoms with Gasteiger partial charge in [0.25, 0.3) is 0 Å². The molecule has 1 atom stereocenters. The van der Waals surface area contributed by atoms with E-state index in [1.165, 1.54) is 4.90 Å². The van der Waals surface area contributed by atoms with Gasteiger partial charge in [0.05, 0.1) is 24.1 Å². The van der Waals surface area contributed by atoms with Gasteiger partial charge in [0.1, 0.15) is 24.2 Å². The molecule has 6 nitrogen and oxygen atoms in total. The number of rotatable bonds is 1. The third-order valence-corrected chi connectivity index (χ3v) is 6.37. The number of carbonyl (C=O) groups is 1. The number of halogens is 3. The van der Waals surface area contributed by atoms with Crippen molar-refractivity contribution in [3.63, 3.8) is 0 Å². The number of likely N-dealkylation sites (tertiary alicyclic amines) is 1. The van der Waals surface area contributed by atoms with E-state index in [0.29, 0.717) is 18.6 Å². The van der Waals surface area contributed by atoms with Crippen molar-refractivity contribution in [2.75, 3.05) is 19.7 Å². The number of carbonyl (C=O) groups excluding carboxylic acids is 1. The highest BCUT2D eigenvalue weighted by Gasteiger charge is 2.47. The van der Waals surface area contributed by atoms with Crippen LogP contribution in [0, 0.1) is 6.92 Å². The Morgan fingerprint density at radius 2 is 1.91 bits per heavy atom. The monoisotopic (exact) mass is 458 g/mol. The summed E-state index contributed by atoms with van der Waals surface area (Å²) >= 11 is 0. The molecule has 0 bridgehead atoms. The molecule has 174 valence electrons. The van der Waals surface area contributed by atoms with Gasteiger partial charge in [-0.1, -0.05) is 12.1 Å². The molecule has 2 aliphatic rings. The number of H-pyrrole nitrogens is 1. The smallest absolute Gasteiger partial charge is 0.408 e. The normalized spacial score (nSPS) is 19.2. The van der Waals surface area contributed by atoms with E-state index < -0.39 is 18.2 Å². The van der Waals surface area contributed by atoms with Crippen molar-refractivity contribution >= 4 is 17.1 Å². The van der Waals surface area contributed by atoms with Crippen LogP contribution in [0.3, 0.4) is 0 Å². The van der Waals surface area contributed by atoms with Gasteiger partial charge in [-0.2, -0.15) is 13.2 Å². The predicted octanol–water partition coefficient (Wildman–Crippen LogP) is 5.27. The molecular weight excluding hydrogens is 433 g/mol. The summed E-state index contributed by atoms with van der Waals surface area (Å²) in [6, 6.07) is 9.39. The van der Waals surface area contributed by atoms with Crippen molar-refractivity contribution in [1.29, 1.82) is 0 Å². The summed E-state index contributed by atoms with van der Waals surface area (Å²) in [6.07, 6.45) is -3.41. The molecule has 1 unspecified atom stereocenters. The number of nitrogens with zero attached hydrogens (tertiary/aromatic N) is 3. The van der Waals surface area contributed by atoms with Crippen LogP contribution >= 0.6 is 0 Å². The number of hydrogen-bond acceptors (Lipinski definition) is 3. The summed E-state index contributed by atoms with van der Waals surface area (Å²) in [7, 11) is 0. The van der Waals surface area contributed by atoms with Crippen LogP contribution in [0.4, 0.5) is 18.0 Å². The highest BCUT2D eigenvalue weighted by Crippen LogP contribution is 2.34. The summed E-state index contributed by atoms with van der Waals surface area (Å²) in [5.74, 6) is 1.49. The van der Waals surface area contributed by atoms with Crippen LogP contribution in [0.15, 0.2) is 36.4 Å². The topological polar surface area (TPSA) is 61.5 Å². The molecule has 1 saturated heterocycles. The molecule has 0 spiro atoms. The highest BCUT2D eigenvalue weighted by molar-refractivity contribution is 5.82. The Morgan fingerprint density at radius 1 is 1.12 bits per heavy atom. The quantitative estimate of drug-likeness (QED) is 0.541. The van der Waals surface area contributed by atoms with Gasteiger partial charge in [-0.3, -0.25) is 0 Å². The predicted molar refractivity (Wildman–Crippen MR) is 118 cm³/mol. The molecule has 3 heterocycles. The fraction of sp³-hybridized carbons (Fsp3) is 0.417. The maximum Gasteiger partial charge on any atom is 0.408 e. The molecule has 3 aromatic rings. The molecule has 33 heavy (non-hydrogen) atoms. The number of ether oxygens (including phenoxy) is 1. The molecule has 9 heteroatoms. The average molecular weight is 458 g/mol. The maximum atomic E-state index is 13.5. The number of fused-ring (bicyclic) bond motifs is 2. The van der Waals surface area contributed by atoms with E-state index in [1.807, 2.05) is 43.3 Å². The molecule has 0 aliphatic carbocycles. The number of aromatic amines is 1. The lowest BCUT2D eigenvalue weighted by Crippen LogP contribution is -2.55. The fourth-order valence-corrected chi connectivity index (χ4v) is 4.74. The van der Waals surface area contributed by atoms with Gasteiger partial charge in [0.2, 0.25) is 0 Å². The Morgan fingerprint density at radius 3 is 2.73 bits per heavy atom. The molecule has 0 radical (unpaired) electrons. The number of aromatic nitrogens is 2. The van der Waals surface area contributed by atoms with Crippen molar-refractivity contribution in [1.82, 2.24) is 19.8 Å². The minimum atomic E-state index is -4.42. The third-order valence-electron chi connectivity index (χ3n) is 6.37. The second-order valence-electron chi connectivity index (χ2n) is 8.68. The van der Waals surface area contributed by atoms with Gasteiger partial charge < -0.3 is 19.5 Å². The lowest BCUT2D eigenvalue weighted by Gasteiger charge is -2.39. The summed E-state index contributed by atoms with van der Waals surface area (Å²) in [5.41, 5.74) is 4.50. The van der Waals surface area contributed by atoms with E-state index in [0.717, 1.165) is 38.4 Å². The summed E-state index contributed by atoms with van der Waals surface area (Å²) < 4.78 is 46.5.